The molecule has 0 N–H and O–H groups in total. The van der Waals surface area contributed by atoms with E-state index in [4.69, 9.17) is 9.47 Å². The Kier molecular flexibility index (Phi) is 5.15. The molecule has 132 valence electrons. The van der Waals surface area contributed by atoms with Gasteiger partial charge in [0.2, 0.25) is 6.23 Å². The number of likely N-dealkylation sites (tertiary alicyclic amines) is 1. The molecule has 1 atom stereocenters. The van der Waals surface area contributed by atoms with E-state index in [1.807, 2.05) is 18.9 Å². The van der Waals surface area contributed by atoms with E-state index in [-0.39, 0.29) is 5.78 Å². The number of hydrogen-bond acceptors (Lipinski definition) is 7. The molecule has 1 aromatic heterocycles. The maximum Gasteiger partial charge on any atom is 0.338 e. The number of nitrogens with zero attached hydrogens (tertiary/aromatic N) is 2. The van der Waals surface area contributed by atoms with Gasteiger partial charge in [0, 0.05) is 24.0 Å². The van der Waals surface area contributed by atoms with Crippen LogP contribution in [0.3, 0.4) is 0 Å². The zero-order chi connectivity index (χ0) is 18.0. The molecule has 0 spiro atoms. The van der Waals surface area contributed by atoms with Crippen molar-refractivity contribution >= 4 is 23.1 Å². The zero-order valence-electron chi connectivity index (χ0n) is 14.4. The normalized spacial score (nSPS) is 18.2. The van der Waals surface area contributed by atoms with Crippen molar-refractivity contribution in [2.24, 2.45) is 0 Å². The number of thiazole rings is 1. The number of rotatable bonds is 4. The van der Waals surface area contributed by atoms with E-state index in [0.29, 0.717) is 28.3 Å². The number of esters is 1. The summed E-state index contributed by atoms with van der Waals surface area (Å²) in [6.45, 7) is 2.74. The van der Waals surface area contributed by atoms with E-state index >= 15 is 0 Å². The first-order valence-electron chi connectivity index (χ1n) is 8.05. The average molecular weight is 360 g/mol. The van der Waals surface area contributed by atoms with Crippen LogP contribution in [0.5, 0.6) is 5.75 Å². The van der Waals surface area contributed by atoms with Crippen LogP contribution in [0, 0.1) is 6.92 Å². The van der Waals surface area contributed by atoms with Gasteiger partial charge in [-0.15, -0.1) is 11.3 Å². The van der Waals surface area contributed by atoms with Crippen molar-refractivity contribution in [1.82, 2.24) is 9.88 Å². The standard InChI is InChI=1S/C18H20N2O4S/c1-11-10-19-16(25-11)15-12(18(22)23-3)6-4-8-14(15)24-17-13(21)7-5-9-20(17)2/h4,6,8,10,17H,5,7,9H2,1-3H3. The van der Waals surface area contributed by atoms with E-state index < -0.39 is 12.2 Å². The fraction of sp³-hybridized carbons (Fsp3) is 0.389. The minimum Gasteiger partial charge on any atom is -0.467 e. The number of carbonyl (C=O) groups excluding carboxylic acids is 2. The largest absolute Gasteiger partial charge is 0.467 e. The highest BCUT2D eigenvalue weighted by Gasteiger charge is 2.30. The van der Waals surface area contributed by atoms with Gasteiger partial charge in [0.25, 0.3) is 0 Å². The first kappa shape index (κ1) is 17.6. The third kappa shape index (κ3) is 3.57. The molecule has 1 fully saturated rings. The van der Waals surface area contributed by atoms with E-state index in [2.05, 4.69) is 4.98 Å². The summed E-state index contributed by atoms with van der Waals surface area (Å²) >= 11 is 1.46. The van der Waals surface area contributed by atoms with Crippen LogP contribution in [0.15, 0.2) is 24.4 Å². The highest BCUT2D eigenvalue weighted by molar-refractivity contribution is 7.15. The summed E-state index contributed by atoms with van der Waals surface area (Å²) in [5.41, 5.74) is 0.944. The number of hydrogen-bond donors (Lipinski definition) is 0. The van der Waals surface area contributed by atoms with E-state index in [0.717, 1.165) is 17.8 Å². The highest BCUT2D eigenvalue weighted by Crippen LogP contribution is 2.37. The Morgan fingerprint density at radius 2 is 2.20 bits per heavy atom. The summed E-state index contributed by atoms with van der Waals surface area (Å²) in [4.78, 5) is 31.8. The quantitative estimate of drug-likeness (QED) is 0.781. The van der Waals surface area contributed by atoms with Crippen LogP contribution in [0.2, 0.25) is 0 Å². The Labute approximate surface area is 150 Å². The van der Waals surface area contributed by atoms with Gasteiger partial charge in [-0.25, -0.2) is 9.78 Å². The van der Waals surface area contributed by atoms with Gasteiger partial charge in [-0.3, -0.25) is 9.69 Å². The van der Waals surface area contributed by atoms with Crippen LogP contribution in [-0.2, 0) is 9.53 Å². The van der Waals surface area contributed by atoms with Crippen LogP contribution in [-0.4, -0.2) is 48.6 Å². The van der Waals surface area contributed by atoms with Crippen LogP contribution in [0.4, 0.5) is 0 Å². The number of benzene rings is 1. The second-order valence-electron chi connectivity index (χ2n) is 5.97. The SMILES string of the molecule is COC(=O)c1cccc(OC2C(=O)CCCN2C)c1-c1ncc(C)s1. The number of aromatic nitrogens is 1. The molecule has 1 unspecified atom stereocenters. The van der Waals surface area contributed by atoms with Crippen LogP contribution in [0.1, 0.15) is 28.1 Å². The number of Topliss-reactive ketones (excluding diaryl/α,β-unsaturated/α-hetero) is 1. The van der Waals surface area contributed by atoms with E-state index in [1.54, 1.807) is 24.4 Å². The lowest BCUT2D eigenvalue weighted by Gasteiger charge is -2.31. The molecule has 1 aliphatic heterocycles. The van der Waals surface area contributed by atoms with Crippen LogP contribution < -0.4 is 4.74 Å². The minimum absolute atomic E-state index is 0.0403. The summed E-state index contributed by atoms with van der Waals surface area (Å²) in [5, 5.41) is 0.666. The van der Waals surface area contributed by atoms with E-state index in [9.17, 15) is 9.59 Å². The molecule has 6 nitrogen and oxygen atoms in total. The molecule has 3 rings (SSSR count). The second kappa shape index (κ2) is 7.33. The third-order valence-electron chi connectivity index (χ3n) is 4.12. The fourth-order valence-corrected chi connectivity index (χ4v) is 3.69. The van der Waals surface area contributed by atoms with Crippen molar-refractivity contribution in [3.05, 3.63) is 34.8 Å². The number of aryl methyl sites for hydroxylation is 1. The van der Waals surface area contributed by atoms with Crippen molar-refractivity contribution in [1.29, 1.82) is 0 Å². The molecule has 1 aliphatic rings. The Morgan fingerprint density at radius 1 is 1.40 bits per heavy atom. The number of likely N-dealkylation sites (N-methyl/N-ethyl adjacent to an activating group) is 1. The van der Waals surface area contributed by atoms with Crippen LogP contribution in [0.25, 0.3) is 10.6 Å². The molecule has 1 saturated heterocycles. The molecule has 2 heterocycles. The molecule has 0 bridgehead atoms. The summed E-state index contributed by atoms with van der Waals surface area (Å²) in [6.07, 6.45) is 2.42. The number of carbonyl (C=O) groups is 2. The fourth-order valence-electron chi connectivity index (χ4n) is 2.87. The van der Waals surface area contributed by atoms with Gasteiger partial charge in [-0.05, 0) is 32.5 Å². The van der Waals surface area contributed by atoms with Gasteiger partial charge in [-0.1, -0.05) is 6.07 Å². The predicted octanol–water partition coefficient (Wildman–Crippen LogP) is 2.90. The van der Waals surface area contributed by atoms with Crippen molar-refractivity contribution in [3.8, 4) is 16.3 Å². The summed E-state index contributed by atoms with van der Waals surface area (Å²) in [5.74, 6) is 0.0412. The number of ether oxygens (including phenoxy) is 2. The monoisotopic (exact) mass is 360 g/mol. The van der Waals surface area contributed by atoms with Crippen molar-refractivity contribution < 1.29 is 19.1 Å². The lowest BCUT2D eigenvalue weighted by Crippen LogP contribution is -2.47. The van der Waals surface area contributed by atoms with Gasteiger partial charge in [0.05, 0.1) is 18.2 Å². The maximum absolute atomic E-state index is 12.3. The molecule has 25 heavy (non-hydrogen) atoms. The van der Waals surface area contributed by atoms with Gasteiger partial charge in [-0.2, -0.15) is 0 Å². The zero-order valence-corrected chi connectivity index (χ0v) is 15.3. The Hall–Kier alpha value is -2.25. The van der Waals surface area contributed by atoms with Crippen molar-refractivity contribution in [2.45, 2.75) is 26.0 Å². The number of ketones is 1. The molecule has 0 amide bonds. The Bertz CT molecular complexity index is 802. The number of piperidine rings is 1. The lowest BCUT2D eigenvalue weighted by atomic mass is 10.1. The second-order valence-corrected chi connectivity index (χ2v) is 7.20. The molecule has 7 heteroatoms. The maximum atomic E-state index is 12.3. The van der Waals surface area contributed by atoms with Crippen LogP contribution >= 0.6 is 11.3 Å². The smallest absolute Gasteiger partial charge is 0.338 e. The van der Waals surface area contributed by atoms with Gasteiger partial charge < -0.3 is 9.47 Å². The summed E-state index contributed by atoms with van der Waals surface area (Å²) in [7, 11) is 3.20. The highest BCUT2D eigenvalue weighted by atomic mass is 32.1. The first-order valence-corrected chi connectivity index (χ1v) is 8.86. The molecule has 0 saturated carbocycles. The molecular weight excluding hydrogens is 340 g/mol. The molecule has 0 aliphatic carbocycles. The van der Waals surface area contributed by atoms with Gasteiger partial charge in [0.1, 0.15) is 10.8 Å². The number of methoxy groups -OCH3 is 1. The van der Waals surface area contributed by atoms with Crippen molar-refractivity contribution in [3.63, 3.8) is 0 Å². The Morgan fingerprint density at radius 3 is 2.84 bits per heavy atom. The molecule has 0 radical (unpaired) electrons. The van der Waals surface area contributed by atoms with E-state index in [1.165, 1.54) is 18.4 Å². The molecular formula is C18H20N2O4S. The minimum atomic E-state index is -0.651. The first-order chi connectivity index (χ1) is 12.0. The Balaban J connectivity index is 2.06. The topological polar surface area (TPSA) is 68.7 Å². The van der Waals surface area contributed by atoms with Gasteiger partial charge in [0.15, 0.2) is 5.78 Å². The van der Waals surface area contributed by atoms with Crippen molar-refractivity contribution in [2.75, 3.05) is 20.7 Å². The molecule has 1 aromatic carbocycles. The summed E-state index contributed by atoms with van der Waals surface area (Å²) < 4.78 is 10.9. The summed E-state index contributed by atoms with van der Waals surface area (Å²) in [6, 6.07) is 5.16. The third-order valence-corrected chi connectivity index (χ3v) is 5.05. The van der Waals surface area contributed by atoms with Gasteiger partial charge >= 0.3 is 5.97 Å². The lowest BCUT2D eigenvalue weighted by molar-refractivity contribution is -0.136. The predicted molar refractivity (Wildman–Crippen MR) is 94.9 cm³/mol. The average Bonchev–Trinajstić information content (AvgIpc) is 3.03. The molecule has 2 aromatic rings.